The van der Waals surface area contributed by atoms with Crippen LogP contribution in [-0.2, 0) is 4.79 Å². The molecule has 108 valence electrons. The maximum atomic E-state index is 12.8. The minimum absolute atomic E-state index is 0.153. The monoisotopic (exact) mass is 288 g/mol. The van der Waals surface area contributed by atoms with Gasteiger partial charge in [-0.15, -0.1) is 8.78 Å². The Bertz CT molecular complexity index is 564. The van der Waals surface area contributed by atoms with Crippen LogP contribution >= 0.6 is 0 Å². The van der Waals surface area contributed by atoms with Crippen molar-refractivity contribution in [2.24, 2.45) is 0 Å². The summed E-state index contributed by atoms with van der Waals surface area (Å²) in [5.41, 5.74) is 0.153. The number of anilines is 1. The van der Waals surface area contributed by atoms with Crippen LogP contribution in [0.5, 0.6) is 11.5 Å². The zero-order chi connectivity index (χ0) is 14.9. The second-order valence-electron chi connectivity index (χ2n) is 3.99. The van der Waals surface area contributed by atoms with Crippen LogP contribution in [-0.4, -0.2) is 29.4 Å². The van der Waals surface area contributed by atoms with Gasteiger partial charge in [-0.3, -0.25) is 4.79 Å². The third-order valence-electron chi connectivity index (χ3n) is 2.38. The number of benzene rings is 1. The van der Waals surface area contributed by atoms with Crippen LogP contribution < -0.4 is 20.1 Å². The molecule has 1 aliphatic heterocycles. The Balaban J connectivity index is 2.02. The molecule has 1 aromatic carbocycles. The zero-order valence-electron chi connectivity index (χ0n) is 10.1. The minimum Gasteiger partial charge on any atom is -0.480 e. The van der Waals surface area contributed by atoms with Gasteiger partial charge in [-0.1, -0.05) is 0 Å². The number of aliphatic carboxylic acids is 1. The molecule has 0 fully saturated rings. The van der Waals surface area contributed by atoms with E-state index in [-0.39, 0.29) is 17.2 Å². The van der Waals surface area contributed by atoms with Gasteiger partial charge in [0, 0.05) is 11.8 Å². The number of carbonyl (C=O) groups excluding carboxylic acids is 1. The number of ether oxygens (including phenoxy) is 2. The van der Waals surface area contributed by atoms with E-state index in [0.29, 0.717) is 0 Å². The van der Waals surface area contributed by atoms with Gasteiger partial charge in [0.1, 0.15) is 6.04 Å². The molecule has 20 heavy (non-hydrogen) atoms. The van der Waals surface area contributed by atoms with Gasteiger partial charge < -0.3 is 25.2 Å². The summed E-state index contributed by atoms with van der Waals surface area (Å²) in [6.45, 7) is 1.28. The molecule has 0 spiro atoms. The van der Waals surface area contributed by atoms with E-state index in [4.69, 9.17) is 5.11 Å². The quantitative estimate of drug-likeness (QED) is 0.785. The lowest BCUT2D eigenvalue weighted by Gasteiger charge is -2.10. The summed E-state index contributed by atoms with van der Waals surface area (Å²) in [5.74, 6) is -1.58. The molecule has 9 heteroatoms. The molecule has 0 unspecified atom stereocenters. The Morgan fingerprint density at radius 1 is 1.30 bits per heavy atom. The number of rotatable bonds is 3. The first kappa shape index (κ1) is 13.8. The summed E-state index contributed by atoms with van der Waals surface area (Å²) in [6, 6.07) is 1.78. The van der Waals surface area contributed by atoms with Crippen LogP contribution in [0.15, 0.2) is 18.2 Å². The largest absolute Gasteiger partial charge is 0.586 e. The van der Waals surface area contributed by atoms with Gasteiger partial charge in [0.05, 0.1) is 0 Å². The lowest BCUT2D eigenvalue weighted by atomic mass is 10.3. The van der Waals surface area contributed by atoms with Crippen molar-refractivity contribution in [1.82, 2.24) is 5.32 Å². The van der Waals surface area contributed by atoms with Crippen molar-refractivity contribution < 1.29 is 33.0 Å². The molecule has 0 radical (unpaired) electrons. The Kier molecular flexibility index (Phi) is 3.35. The average Bonchev–Trinajstić information content (AvgIpc) is 2.61. The first-order valence-electron chi connectivity index (χ1n) is 5.47. The summed E-state index contributed by atoms with van der Waals surface area (Å²) in [7, 11) is 0. The molecular weight excluding hydrogens is 278 g/mol. The summed E-state index contributed by atoms with van der Waals surface area (Å²) in [6.07, 6.45) is -3.74. The molecule has 7 nitrogen and oxygen atoms in total. The van der Waals surface area contributed by atoms with Crippen LogP contribution in [0.4, 0.5) is 19.3 Å². The molecule has 0 aliphatic carbocycles. The van der Waals surface area contributed by atoms with E-state index >= 15 is 0 Å². The predicted octanol–water partition coefficient (Wildman–Crippen LogP) is 1.60. The normalized spacial score (nSPS) is 16.4. The Hall–Kier alpha value is -2.58. The first-order valence-corrected chi connectivity index (χ1v) is 5.47. The van der Waals surface area contributed by atoms with E-state index in [1.54, 1.807) is 0 Å². The number of nitrogens with one attached hydrogen (secondary N) is 2. The number of carbonyl (C=O) groups is 2. The highest BCUT2D eigenvalue weighted by Gasteiger charge is 2.43. The van der Waals surface area contributed by atoms with Crippen molar-refractivity contribution in [3.8, 4) is 11.5 Å². The first-order chi connectivity index (χ1) is 9.27. The summed E-state index contributed by atoms with van der Waals surface area (Å²) in [4.78, 5) is 22.0. The molecule has 1 aromatic rings. The molecular formula is C11H10F2N2O5. The second-order valence-corrected chi connectivity index (χ2v) is 3.99. The van der Waals surface area contributed by atoms with Crippen LogP contribution in [0.2, 0.25) is 0 Å². The summed E-state index contributed by atoms with van der Waals surface area (Å²) < 4.78 is 34.0. The van der Waals surface area contributed by atoms with E-state index in [1.807, 2.05) is 0 Å². The lowest BCUT2D eigenvalue weighted by Crippen LogP contribution is -2.40. The number of hydrogen-bond donors (Lipinski definition) is 3. The standard InChI is InChI=1S/C11H10F2N2O5/c1-5(9(16)17)14-10(18)15-6-2-3-7-8(4-6)20-11(12,13)19-7/h2-5H,1H3,(H,16,17)(H2,14,15,18)/t5-/m1/s1. The van der Waals surface area contributed by atoms with Gasteiger partial charge in [-0.2, -0.15) is 0 Å². The van der Waals surface area contributed by atoms with Crippen molar-refractivity contribution in [3.05, 3.63) is 18.2 Å². The lowest BCUT2D eigenvalue weighted by molar-refractivity contribution is -0.286. The van der Waals surface area contributed by atoms with Crippen LogP contribution in [0.25, 0.3) is 0 Å². The van der Waals surface area contributed by atoms with Crippen LogP contribution in [0, 0.1) is 0 Å². The zero-order valence-corrected chi connectivity index (χ0v) is 10.1. The maximum absolute atomic E-state index is 12.8. The van der Waals surface area contributed by atoms with Gasteiger partial charge in [0.15, 0.2) is 11.5 Å². The predicted molar refractivity (Wildman–Crippen MR) is 61.9 cm³/mol. The molecule has 0 aromatic heterocycles. The average molecular weight is 288 g/mol. The van der Waals surface area contributed by atoms with E-state index < -0.39 is 24.3 Å². The summed E-state index contributed by atoms with van der Waals surface area (Å²) in [5, 5.41) is 13.1. The Morgan fingerprint density at radius 2 is 1.95 bits per heavy atom. The molecule has 0 bridgehead atoms. The maximum Gasteiger partial charge on any atom is 0.586 e. The molecule has 0 saturated carbocycles. The fraction of sp³-hybridized carbons (Fsp3) is 0.273. The number of urea groups is 1. The minimum atomic E-state index is -3.74. The van der Waals surface area contributed by atoms with Crippen LogP contribution in [0.3, 0.4) is 0 Å². The van der Waals surface area contributed by atoms with Gasteiger partial charge in [0.25, 0.3) is 0 Å². The highest BCUT2D eigenvalue weighted by Crippen LogP contribution is 2.42. The van der Waals surface area contributed by atoms with Crippen LogP contribution in [0.1, 0.15) is 6.92 Å². The molecule has 1 heterocycles. The van der Waals surface area contributed by atoms with E-state index in [9.17, 15) is 18.4 Å². The van der Waals surface area contributed by atoms with Gasteiger partial charge in [0.2, 0.25) is 0 Å². The highest BCUT2D eigenvalue weighted by atomic mass is 19.3. The van der Waals surface area contributed by atoms with Gasteiger partial charge in [-0.25, -0.2) is 4.79 Å². The molecule has 1 aliphatic rings. The number of alkyl halides is 2. The van der Waals surface area contributed by atoms with Crippen molar-refractivity contribution in [1.29, 1.82) is 0 Å². The van der Waals surface area contributed by atoms with Crippen molar-refractivity contribution in [2.75, 3.05) is 5.32 Å². The molecule has 3 N–H and O–H groups in total. The fourth-order valence-corrected chi connectivity index (χ4v) is 1.45. The topological polar surface area (TPSA) is 96.9 Å². The molecule has 2 amide bonds. The number of carboxylic acid groups (broad SMARTS) is 1. The molecule has 2 rings (SSSR count). The number of carboxylic acids is 1. The fourth-order valence-electron chi connectivity index (χ4n) is 1.45. The van der Waals surface area contributed by atoms with E-state index in [1.165, 1.54) is 19.1 Å². The molecule has 1 atom stereocenters. The van der Waals surface area contributed by atoms with E-state index in [0.717, 1.165) is 6.07 Å². The third kappa shape index (κ3) is 3.05. The van der Waals surface area contributed by atoms with E-state index in [2.05, 4.69) is 20.1 Å². The Morgan fingerprint density at radius 3 is 2.60 bits per heavy atom. The highest BCUT2D eigenvalue weighted by molar-refractivity contribution is 5.92. The SMILES string of the molecule is C[C@@H](NC(=O)Nc1ccc2c(c1)OC(F)(F)O2)C(=O)O. The summed E-state index contributed by atoms with van der Waals surface area (Å²) >= 11 is 0. The Labute approximate surface area is 111 Å². The second kappa shape index (κ2) is 4.83. The smallest absolute Gasteiger partial charge is 0.480 e. The van der Waals surface area contributed by atoms with Crippen molar-refractivity contribution in [3.63, 3.8) is 0 Å². The number of amides is 2. The molecule has 0 saturated heterocycles. The van der Waals surface area contributed by atoms with Gasteiger partial charge >= 0.3 is 18.3 Å². The number of hydrogen-bond acceptors (Lipinski definition) is 4. The number of halogens is 2. The van der Waals surface area contributed by atoms with Gasteiger partial charge in [-0.05, 0) is 19.1 Å². The third-order valence-corrected chi connectivity index (χ3v) is 2.38. The number of fused-ring (bicyclic) bond motifs is 1. The van der Waals surface area contributed by atoms with Crippen molar-refractivity contribution >= 4 is 17.7 Å². The van der Waals surface area contributed by atoms with Crippen molar-refractivity contribution in [2.45, 2.75) is 19.3 Å².